The molecule has 0 unspecified atom stereocenters. The molecule has 2 aliphatic heterocycles. The van der Waals surface area contributed by atoms with Crippen LogP contribution in [0.5, 0.6) is 0 Å². The van der Waals surface area contributed by atoms with Crippen LogP contribution >= 0.6 is 35.3 Å². The van der Waals surface area contributed by atoms with Gasteiger partial charge in [-0.1, -0.05) is 0 Å². The standard InChI is InChI=1S/C19H31N5OS.HI/c1-2-20-19(21-15-17(25)23-10-4-3-5-11-23)22-16-8-12-24(13-9-16)18-7-6-14-26-18;/h6-7,14,16H,2-5,8-13,15H2,1H3,(H2,20,21,22);1H. The van der Waals surface area contributed by atoms with Crippen LogP contribution in [0.2, 0.25) is 0 Å². The number of anilines is 1. The minimum absolute atomic E-state index is 0. The summed E-state index contributed by atoms with van der Waals surface area (Å²) in [6.45, 7) is 7.00. The van der Waals surface area contributed by atoms with Crippen LogP contribution in [-0.4, -0.2) is 62.1 Å². The smallest absolute Gasteiger partial charge is 0.244 e. The average Bonchev–Trinajstić information content (AvgIpc) is 3.22. The highest BCUT2D eigenvalue weighted by atomic mass is 127. The zero-order valence-electron chi connectivity index (χ0n) is 16.2. The lowest BCUT2D eigenvalue weighted by molar-refractivity contribution is -0.130. The van der Waals surface area contributed by atoms with Crippen molar-refractivity contribution >= 4 is 52.2 Å². The van der Waals surface area contributed by atoms with Gasteiger partial charge in [0.1, 0.15) is 6.54 Å². The number of guanidine groups is 1. The van der Waals surface area contributed by atoms with Crippen LogP contribution in [0.4, 0.5) is 5.00 Å². The van der Waals surface area contributed by atoms with Crippen molar-refractivity contribution in [3.05, 3.63) is 17.5 Å². The van der Waals surface area contributed by atoms with E-state index >= 15 is 0 Å². The van der Waals surface area contributed by atoms with Crippen molar-refractivity contribution in [2.24, 2.45) is 4.99 Å². The van der Waals surface area contributed by atoms with Crippen LogP contribution in [0.1, 0.15) is 39.0 Å². The van der Waals surface area contributed by atoms with Gasteiger partial charge in [0, 0.05) is 38.8 Å². The van der Waals surface area contributed by atoms with Crippen LogP contribution in [0.15, 0.2) is 22.5 Å². The molecule has 0 bridgehead atoms. The average molecular weight is 505 g/mol. The first-order valence-electron chi connectivity index (χ1n) is 9.87. The van der Waals surface area contributed by atoms with Crippen molar-refractivity contribution in [3.63, 3.8) is 0 Å². The van der Waals surface area contributed by atoms with E-state index in [1.807, 2.05) is 4.90 Å². The highest BCUT2D eigenvalue weighted by Crippen LogP contribution is 2.24. The van der Waals surface area contributed by atoms with Crippen molar-refractivity contribution in [2.45, 2.75) is 45.1 Å². The van der Waals surface area contributed by atoms with Gasteiger partial charge in [0.2, 0.25) is 5.91 Å². The van der Waals surface area contributed by atoms with E-state index in [1.165, 1.54) is 11.4 Å². The van der Waals surface area contributed by atoms with E-state index in [-0.39, 0.29) is 36.4 Å². The third-order valence-corrected chi connectivity index (χ3v) is 6.01. The first kappa shape index (κ1) is 22.3. The van der Waals surface area contributed by atoms with E-state index in [9.17, 15) is 4.79 Å². The summed E-state index contributed by atoms with van der Waals surface area (Å²) >= 11 is 1.80. The first-order valence-corrected chi connectivity index (χ1v) is 10.8. The summed E-state index contributed by atoms with van der Waals surface area (Å²) in [6.07, 6.45) is 5.65. The Morgan fingerprint density at radius 2 is 1.96 bits per heavy atom. The van der Waals surface area contributed by atoms with Gasteiger partial charge in [-0.25, -0.2) is 4.99 Å². The largest absolute Gasteiger partial charge is 0.363 e. The fourth-order valence-corrected chi connectivity index (χ4v) is 4.38. The van der Waals surface area contributed by atoms with Crippen molar-refractivity contribution in [1.82, 2.24) is 15.5 Å². The number of hydrogen-bond acceptors (Lipinski definition) is 4. The predicted molar refractivity (Wildman–Crippen MR) is 125 cm³/mol. The molecule has 152 valence electrons. The van der Waals surface area contributed by atoms with Gasteiger partial charge in [-0.05, 0) is 56.5 Å². The number of hydrogen-bond donors (Lipinski definition) is 2. The van der Waals surface area contributed by atoms with Crippen molar-refractivity contribution in [1.29, 1.82) is 0 Å². The molecule has 2 saturated heterocycles. The summed E-state index contributed by atoms with van der Waals surface area (Å²) in [5.74, 6) is 0.918. The summed E-state index contributed by atoms with van der Waals surface area (Å²) in [4.78, 5) is 21.3. The maximum Gasteiger partial charge on any atom is 0.244 e. The van der Waals surface area contributed by atoms with Gasteiger partial charge in [0.15, 0.2) is 5.96 Å². The Kier molecular flexibility index (Phi) is 9.67. The minimum atomic E-state index is 0. The number of piperidine rings is 2. The molecule has 0 atom stereocenters. The fourth-order valence-electron chi connectivity index (χ4n) is 3.60. The highest BCUT2D eigenvalue weighted by molar-refractivity contribution is 14.0. The zero-order chi connectivity index (χ0) is 18.2. The summed E-state index contributed by atoms with van der Waals surface area (Å²) in [7, 11) is 0. The second kappa shape index (κ2) is 11.7. The quantitative estimate of drug-likeness (QED) is 0.367. The van der Waals surface area contributed by atoms with Crippen LogP contribution < -0.4 is 15.5 Å². The van der Waals surface area contributed by atoms with Crippen LogP contribution in [0.25, 0.3) is 0 Å². The lowest BCUT2D eigenvalue weighted by Gasteiger charge is -2.33. The first-order chi connectivity index (χ1) is 12.8. The number of aliphatic imine (C=N–C) groups is 1. The van der Waals surface area contributed by atoms with Gasteiger partial charge in [-0.3, -0.25) is 4.79 Å². The molecule has 0 radical (unpaired) electrons. The van der Waals surface area contributed by atoms with Crippen LogP contribution in [0, 0.1) is 0 Å². The number of thiophene rings is 1. The molecule has 3 heterocycles. The molecular formula is C19H32IN5OS. The third-order valence-electron chi connectivity index (χ3n) is 5.08. The van der Waals surface area contributed by atoms with Crippen molar-refractivity contribution in [2.75, 3.05) is 44.2 Å². The molecule has 2 aliphatic rings. The highest BCUT2D eigenvalue weighted by Gasteiger charge is 2.21. The number of amides is 1. The summed E-state index contributed by atoms with van der Waals surface area (Å²) in [6, 6.07) is 4.71. The summed E-state index contributed by atoms with van der Waals surface area (Å²) in [5, 5.41) is 10.3. The predicted octanol–water partition coefficient (Wildman–Crippen LogP) is 2.90. The van der Waals surface area contributed by atoms with Gasteiger partial charge in [-0.2, -0.15) is 0 Å². The van der Waals surface area contributed by atoms with E-state index in [1.54, 1.807) is 11.3 Å². The molecule has 1 aromatic heterocycles. The SMILES string of the molecule is CCNC(=NCC(=O)N1CCCCC1)NC1CCN(c2cccs2)CC1.I. The molecule has 0 spiro atoms. The van der Waals surface area contributed by atoms with E-state index in [4.69, 9.17) is 0 Å². The molecule has 1 aromatic rings. The van der Waals surface area contributed by atoms with Crippen LogP contribution in [-0.2, 0) is 4.79 Å². The second-order valence-electron chi connectivity index (χ2n) is 6.99. The Morgan fingerprint density at radius 1 is 1.22 bits per heavy atom. The number of carbonyl (C=O) groups is 1. The number of rotatable bonds is 5. The molecule has 3 rings (SSSR count). The number of likely N-dealkylation sites (tertiary alicyclic amines) is 1. The van der Waals surface area contributed by atoms with Crippen molar-refractivity contribution < 1.29 is 4.79 Å². The lowest BCUT2D eigenvalue weighted by atomic mass is 10.1. The van der Waals surface area contributed by atoms with E-state index in [2.05, 4.69) is 45.0 Å². The molecule has 0 aromatic carbocycles. The molecule has 0 saturated carbocycles. The minimum Gasteiger partial charge on any atom is -0.363 e. The molecule has 2 N–H and O–H groups in total. The van der Waals surface area contributed by atoms with Gasteiger partial charge in [0.05, 0.1) is 5.00 Å². The van der Waals surface area contributed by atoms with Gasteiger partial charge < -0.3 is 20.4 Å². The van der Waals surface area contributed by atoms with Gasteiger partial charge in [0.25, 0.3) is 0 Å². The Labute approximate surface area is 183 Å². The second-order valence-corrected chi connectivity index (χ2v) is 7.92. The molecule has 8 heteroatoms. The van der Waals surface area contributed by atoms with E-state index in [0.29, 0.717) is 6.04 Å². The van der Waals surface area contributed by atoms with E-state index < -0.39 is 0 Å². The van der Waals surface area contributed by atoms with Crippen molar-refractivity contribution in [3.8, 4) is 0 Å². The van der Waals surface area contributed by atoms with Crippen LogP contribution in [0.3, 0.4) is 0 Å². The summed E-state index contributed by atoms with van der Waals surface area (Å²) in [5.41, 5.74) is 0. The lowest BCUT2D eigenvalue weighted by Crippen LogP contribution is -2.49. The molecule has 27 heavy (non-hydrogen) atoms. The number of nitrogens with one attached hydrogen (secondary N) is 2. The zero-order valence-corrected chi connectivity index (χ0v) is 19.3. The van der Waals surface area contributed by atoms with Gasteiger partial charge in [-0.15, -0.1) is 35.3 Å². The topological polar surface area (TPSA) is 60.0 Å². The van der Waals surface area contributed by atoms with Gasteiger partial charge >= 0.3 is 0 Å². The third kappa shape index (κ3) is 6.81. The summed E-state index contributed by atoms with van der Waals surface area (Å²) < 4.78 is 0. The molecule has 2 fully saturated rings. The Balaban J connectivity index is 0.00000261. The molecule has 1 amide bonds. The maximum atomic E-state index is 12.3. The molecule has 6 nitrogen and oxygen atoms in total. The Hall–Kier alpha value is -1.03. The number of halogens is 1. The fraction of sp³-hybridized carbons (Fsp3) is 0.684. The van der Waals surface area contributed by atoms with E-state index in [0.717, 1.165) is 64.4 Å². The molecular weight excluding hydrogens is 473 g/mol. The number of nitrogens with zero attached hydrogens (tertiary/aromatic N) is 3. The monoisotopic (exact) mass is 505 g/mol. The Morgan fingerprint density at radius 3 is 2.59 bits per heavy atom. The molecule has 0 aliphatic carbocycles. The normalized spacial score (nSPS) is 18.8. The number of carbonyl (C=O) groups excluding carboxylic acids is 1. The Bertz CT molecular complexity index is 581. The maximum absolute atomic E-state index is 12.3.